The van der Waals surface area contributed by atoms with Crippen molar-refractivity contribution in [3.63, 3.8) is 0 Å². The third-order valence-electron chi connectivity index (χ3n) is 2.80. The Kier molecular flexibility index (Phi) is 5.85. The summed E-state index contributed by atoms with van der Waals surface area (Å²) < 4.78 is 5.00. The molecule has 0 radical (unpaired) electrons. The summed E-state index contributed by atoms with van der Waals surface area (Å²) in [4.78, 5) is 22.9. The summed E-state index contributed by atoms with van der Waals surface area (Å²) >= 11 is 0. The van der Waals surface area contributed by atoms with Crippen molar-refractivity contribution in [1.29, 1.82) is 0 Å². The second kappa shape index (κ2) is 7.41. The number of benzene rings is 1. The number of carbonyl (C=O) groups is 2. The summed E-state index contributed by atoms with van der Waals surface area (Å²) in [5.41, 5.74) is 0.420. The molecular formula is C14H19NO4. The summed E-state index contributed by atoms with van der Waals surface area (Å²) in [5.74, 6) is -0.737. The minimum absolute atomic E-state index is 0.383. The van der Waals surface area contributed by atoms with Crippen LogP contribution >= 0.6 is 0 Å². The molecule has 5 heteroatoms. The zero-order valence-electron chi connectivity index (χ0n) is 11.2. The summed E-state index contributed by atoms with van der Waals surface area (Å²) in [6.45, 7) is 1.98. The van der Waals surface area contributed by atoms with Crippen molar-refractivity contribution in [2.45, 2.75) is 32.2 Å². The molecule has 1 atom stereocenters. The van der Waals surface area contributed by atoms with Crippen molar-refractivity contribution < 1.29 is 19.4 Å². The number of amides is 1. The van der Waals surface area contributed by atoms with E-state index < -0.39 is 12.0 Å². The predicted octanol–water partition coefficient (Wildman–Crippen LogP) is 2.07. The van der Waals surface area contributed by atoms with Crippen molar-refractivity contribution in [3.8, 4) is 5.75 Å². The molecule has 0 aromatic heterocycles. The molecule has 0 aliphatic carbocycles. The van der Waals surface area contributed by atoms with Crippen LogP contribution in [0, 0.1) is 0 Å². The van der Waals surface area contributed by atoms with E-state index in [-0.39, 0.29) is 5.91 Å². The van der Waals surface area contributed by atoms with Gasteiger partial charge in [0, 0.05) is 5.56 Å². The van der Waals surface area contributed by atoms with Gasteiger partial charge in [-0.05, 0) is 30.7 Å². The Balaban J connectivity index is 2.67. The zero-order valence-corrected chi connectivity index (χ0v) is 11.2. The number of carbonyl (C=O) groups excluding carboxylic acids is 1. The first-order chi connectivity index (χ1) is 9.08. The van der Waals surface area contributed by atoms with Gasteiger partial charge >= 0.3 is 5.97 Å². The zero-order chi connectivity index (χ0) is 14.3. The van der Waals surface area contributed by atoms with Crippen molar-refractivity contribution in [3.05, 3.63) is 29.8 Å². The van der Waals surface area contributed by atoms with Gasteiger partial charge in [-0.15, -0.1) is 0 Å². The maximum Gasteiger partial charge on any atom is 0.326 e. The van der Waals surface area contributed by atoms with Crippen LogP contribution in [0.2, 0.25) is 0 Å². The number of unbranched alkanes of at least 4 members (excludes halogenated alkanes) is 1. The van der Waals surface area contributed by atoms with Gasteiger partial charge in [0.05, 0.1) is 7.11 Å². The Morgan fingerprint density at radius 3 is 2.42 bits per heavy atom. The number of carboxylic acids is 1. The lowest BCUT2D eigenvalue weighted by atomic mass is 10.1. The molecule has 1 aromatic rings. The minimum Gasteiger partial charge on any atom is -0.497 e. The van der Waals surface area contributed by atoms with Crippen LogP contribution in [0.25, 0.3) is 0 Å². The molecule has 0 aliphatic heterocycles. The Labute approximate surface area is 112 Å². The highest BCUT2D eigenvalue weighted by molar-refractivity contribution is 5.96. The van der Waals surface area contributed by atoms with Gasteiger partial charge in [-0.25, -0.2) is 4.79 Å². The molecule has 1 unspecified atom stereocenters. The van der Waals surface area contributed by atoms with Crippen molar-refractivity contribution in [2.24, 2.45) is 0 Å². The molecule has 5 nitrogen and oxygen atoms in total. The molecule has 0 saturated heterocycles. The van der Waals surface area contributed by atoms with Crippen LogP contribution in [0.1, 0.15) is 36.5 Å². The SMILES string of the molecule is CCCCC(NC(=O)c1ccc(OC)cc1)C(=O)O. The van der Waals surface area contributed by atoms with Gasteiger partial charge in [-0.3, -0.25) is 4.79 Å². The maximum atomic E-state index is 11.9. The number of methoxy groups -OCH3 is 1. The fraction of sp³-hybridized carbons (Fsp3) is 0.429. The van der Waals surface area contributed by atoms with E-state index in [4.69, 9.17) is 9.84 Å². The number of ether oxygens (including phenoxy) is 1. The number of hydrogen-bond donors (Lipinski definition) is 2. The second-order valence-electron chi connectivity index (χ2n) is 4.24. The third-order valence-corrected chi connectivity index (χ3v) is 2.80. The summed E-state index contributed by atoms with van der Waals surface area (Å²) in [6, 6.07) is 5.70. The van der Waals surface area contributed by atoms with Crippen molar-refractivity contribution >= 4 is 11.9 Å². The van der Waals surface area contributed by atoms with E-state index >= 15 is 0 Å². The molecule has 2 N–H and O–H groups in total. The normalized spacial score (nSPS) is 11.7. The molecule has 0 fully saturated rings. The standard InChI is InChI=1S/C14H19NO4/c1-3-4-5-12(14(17)18)15-13(16)10-6-8-11(19-2)9-7-10/h6-9,12H,3-5H2,1-2H3,(H,15,16)(H,17,18). The number of carboxylic acid groups (broad SMARTS) is 1. The number of aliphatic carboxylic acids is 1. The second-order valence-corrected chi connectivity index (χ2v) is 4.24. The van der Waals surface area contributed by atoms with Gasteiger partial charge in [-0.2, -0.15) is 0 Å². The lowest BCUT2D eigenvalue weighted by molar-refractivity contribution is -0.139. The Bertz CT molecular complexity index is 428. The van der Waals surface area contributed by atoms with Crippen LogP contribution in [-0.4, -0.2) is 30.1 Å². The summed E-state index contributed by atoms with van der Waals surface area (Å²) in [5, 5.41) is 11.6. The minimum atomic E-state index is -1.00. The van der Waals surface area contributed by atoms with E-state index in [1.807, 2.05) is 6.92 Å². The van der Waals surface area contributed by atoms with Crippen LogP contribution in [0.15, 0.2) is 24.3 Å². The van der Waals surface area contributed by atoms with Crippen LogP contribution in [-0.2, 0) is 4.79 Å². The molecule has 0 saturated carbocycles. The molecule has 0 bridgehead atoms. The Morgan fingerprint density at radius 2 is 1.95 bits per heavy atom. The predicted molar refractivity (Wildman–Crippen MR) is 71.4 cm³/mol. The molecule has 19 heavy (non-hydrogen) atoms. The molecule has 1 aromatic carbocycles. The van der Waals surface area contributed by atoms with E-state index in [2.05, 4.69) is 5.32 Å². The van der Waals surface area contributed by atoms with Crippen LogP contribution < -0.4 is 10.1 Å². The lowest BCUT2D eigenvalue weighted by Crippen LogP contribution is -2.40. The van der Waals surface area contributed by atoms with E-state index in [0.717, 1.165) is 12.8 Å². The number of nitrogens with one attached hydrogen (secondary N) is 1. The van der Waals surface area contributed by atoms with Gasteiger partial charge < -0.3 is 15.2 Å². The Hall–Kier alpha value is -2.04. The molecule has 0 spiro atoms. The average Bonchev–Trinajstić information content (AvgIpc) is 2.43. The average molecular weight is 265 g/mol. The van der Waals surface area contributed by atoms with E-state index in [0.29, 0.717) is 17.7 Å². The highest BCUT2D eigenvalue weighted by atomic mass is 16.5. The van der Waals surface area contributed by atoms with Crippen molar-refractivity contribution in [1.82, 2.24) is 5.32 Å². The largest absolute Gasteiger partial charge is 0.497 e. The van der Waals surface area contributed by atoms with Crippen LogP contribution in [0.3, 0.4) is 0 Å². The molecule has 0 aliphatic rings. The van der Waals surface area contributed by atoms with Gasteiger partial charge in [0.1, 0.15) is 11.8 Å². The van der Waals surface area contributed by atoms with E-state index in [1.165, 1.54) is 0 Å². The van der Waals surface area contributed by atoms with Gasteiger partial charge in [0.15, 0.2) is 0 Å². The highest BCUT2D eigenvalue weighted by Crippen LogP contribution is 2.11. The fourth-order valence-electron chi connectivity index (χ4n) is 1.65. The van der Waals surface area contributed by atoms with Gasteiger partial charge in [0.25, 0.3) is 5.91 Å². The first kappa shape index (κ1) is 15.0. The highest BCUT2D eigenvalue weighted by Gasteiger charge is 2.19. The van der Waals surface area contributed by atoms with Crippen molar-refractivity contribution in [2.75, 3.05) is 7.11 Å². The summed E-state index contributed by atoms with van der Waals surface area (Å²) in [6.07, 6.45) is 2.09. The van der Waals surface area contributed by atoms with Crippen LogP contribution in [0.5, 0.6) is 5.75 Å². The van der Waals surface area contributed by atoms with Gasteiger partial charge in [0.2, 0.25) is 0 Å². The molecule has 104 valence electrons. The first-order valence-electron chi connectivity index (χ1n) is 6.26. The lowest BCUT2D eigenvalue weighted by Gasteiger charge is -2.14. The third kappa shape index (κ3) is 4.62. The van der Waals surface area contributed by atoms with Gasteiger partial charge in [-0.1, -0.05) is 19.8 Å². The summed E-state index contributed by atoms with van der Waals surface area (Å²) in [7, 11) is 1.54. The quantitative estimate of drug-likeness (QED) is 0.791. The number of rotatable bonds is 7. The topological polar surface area (TPSA) is 75.6 Å². The first-order valence-corrected chi connectivity index (χ1v) is 6.26. The number of hydrogen-bond acceptors (Lipinski definition) is 3. The fourth-order valence-corrected chi connectivity index (χ4v) is 1.65. The van der Waals surface area contributed by atoms with E-state index in [9.17, 15) is 9.59 Å². The monoisotopic (exact) mass is 265 g/mol. The van der Waals surface area contributed by atoms with E-state index in [1.54, 1.807) is 31.4 Å². The molecule has 0 heterocycles. The molecular weight excluding hydrogens is 246 g/mol. The molecule has 1 amide bonds. The Morgan fingerprint density at radius 1 is 1.32 bits per heavy atom. The smallest absolute Gasteiger partial charge is 0.326 e. The molecule has 1 rings (SSSR count). The maximum absolute atomic E-state index is 11.9. The van der Waals surface area contributed by atoms with Crippen LogP contribution in [0.4, 0.5) is 0 Å².